The quantitative estimate of drug-likeness (QED) is 0.775. The van der Waals surface area contributed by atoms with Gasteiger partial charge < -0.3 is 10.4 Å². The highest BCUT2D eigenvalue weighted by Crippen LogP contribution is 2.36. The van der Waals surface area contributed by atoms with Crippen molar-refractivity contribution in [3.63, 3.8) is 0 Å². The van der Waals surface area contributed by atoms with Gasteiger partial charge in [0.1, 0.15) is 0 Å². The van der Waals surface area contributed by atoms with Crippen molar-refractivity contribution in [2.24, 2.45) is 0 Å². The summed E-state index contributed by atoms with van der Waals surface area (Å²) >= 11 is 0. The summed E-state index contributed by atoms with van der Waals surface area (Å²) in [5.41, 5.74) is -1.80. The summed E-state index contributed by atoms with van der Waals surface area (Å²) in [6, 6.07) is 7.85. The molecule has 2 aromatic rings. The molecular weight excluding hydrogens is 336 g/mol. The summed E-state index contributed by atoms with van der Waals surface area (Å²) in [7, 11) is 0. The largest absolute Gasteiger partial charge is 0.416 e. The molecular formula is C16H13F6NO. The van der Waals surface area contributed by atoms with E-state index in [9.17, 15) is 26.3 Å². The number of hydrogen-bond donors (Lipinski definition) is 2. The molecule has 2 rings (SSSR count). The van der Waals surface area contributed by atoms with Gasteiger partial charge in [0.15, 0.2) is 0 Å². The Morgan fingerprint density at radius 2 is 1.38 bits per heavy atom. The van der Waals surface area contributed by atoms with Crippen molar-refractivity contribution in [2.45, 2.75) is 25.5 Å². The maximum Gasteiger partial charge on any atom is 0.416 e. The third-order valence-electron chi connectivity index (χ3n) is 3.25. The maximum atomic E-state index is 12.8. The highest BCUT2D eigenvalue weighted by Gasteiger charge is 2.36. The summed E-state index contributed by atoms with van der Waals surface area (Å²) in [5.74, 6) is 0. The van der Waals surface area contributed by atoms with E-state index in [4.69, 9.17) is 5.11 Å². The Balaban J connectivity index is 2.28. The lowest BCUT2D eigenvalue weighted by Crippen LogP contribution is -2.13. The van der Waals surface area contributed by atoms with Gasteiger partial charge in [-0.3, -0.25) is 0 Å². The van der Waals surface area contributed by atoms with E-state index in [1.807, 2.05) is 0 Å². The van der Waals surface area contributed by atoms with Crippen LogP contribution in [0.25, 0.3) is 0 Å². The molecule has 8 heteroatoms. The van der Waals surface area contributed by atoms with Crippen LogP contribution in [0.4, 0.5) is 32.0 Å². The van der Waals surface area contributed by atoms with Crippen LogP contribution in [0, 0.1) is 0 Å². The van der Waals surface area contributed by atoms with Gasteiger partial charge >= 0.3 is 12.4 Å². The molecule has 2 nitrogen and oxygen atoms in total. The number of anilines is 1. The Labute approximate surface area is 133 Å². The second-order valence-corrected chi connectivity index (χ2v) is 5.13. The zero-order valence-electron chi connectivity index (χ0n) is 12.2. The van der Waals surface area contributed by atoms with Gasteiger partial charge in [0.25, 0.3) is 0 Å². The molecule has 2 aromatic carbocycles. The van der Waals surface area contributed by atoms with E-state index in [0.29, 0.717) is 23.4 Å². The summed E-state index contributed by atoms with van der Waals surface area (Å²) in [6.07, 6.45) is -9.74. The third-order valence-corrected chi connectivity index (χ3v) is 3.25. The summed E-state index contributed by atoms with van der Waals surface area (Å²) < 4.78 is 76.7. The maximum absolute atomic E-state index is 12.8. The smallest absolute Gasteiger partial charge is 0.392 e. The second-order valence-electron chi connectivity index (χ2n) is 5.13. The fraction of sp³-hybridized carbons (Fsp3) is 0.250. The lowest BCUT2D eigenvalue weighted by molar-refractivity contribution is -0.143. The van der Waals surface area contributed by atoms with E-state index in [1.54, 1.807) is 24.3 Å². The van der Waals surface area contributed by atoms with Gasteiger partial charge in [0, 0.05) is 12.2 Å². The molecule has 0 bridgehead atoms. The van der Waals surface area contributed by atoms with Crippen molar-refractivity contribution in [1.29, 1.82) is 0 Å². The van der Waals surface area contributed by atoms with Crippen LogP contribution in [0.1, 0.15) is 22.3 Å². The third kappa shape index (κ3) is 4.64. The molecule has 0 aliphatic rings. The summed E-state index contributed by atoms with van der Waals surface area (Å²) in [5, 5.41) is 11.8. The van der Waals surface area contributed by atoms with E-state index < -0.39 is 23.5 Å². The van der Waals surface area contributed by atoms with E-state index in [2.05, 4.69) is 5.32 Å². The molecule has 24 heavy (non-hydrogen) atoms. The molecule has 0 radical (unpaired) electrons. The minimum Gasteiger partial charge on any atom is -0.392 e. The van der Waals surface area contributed by atoms with Crippen molar-refractivity contribution in [1.82, 2.24) is 0 Å². The lowest BCUT2D eigenvalue weighted by Gasteiger charge is -2.15. The Morgan fingerprint density at radius 3 is 1.88 bits per heavy atom. The monoisotopic (exact) mass is 349 g/mol. The molecule has 0 fully saturated rings. The number of halogens is 6. The first-order valence-electron chi connectivity index (χ1n) is 6.81. The molecule has 2 N–H and O–H groups in total. The lowest BCUT2D eigenvalue weighted by atomic mass is 10.0. The molecule has 0 aliphatic heterocycles. The standard InChI is InChI=1S/C16H13F6NO/c17-15(18,19)12-4-11(5-13(7-12)16(20,21)22)8-23-14-3-1-2-10(6-14)9-24/h1-7,23-24H,8-9H2. The van der Waals surface area contributed by atoms with Crippen molar-refractivity contribution in [3.8, 4) is 0 Å². The average molecular weight is 349 g/mol. The molecule has 0 amide bonds. The van der Waals surface area contributed by atoms with Crippen LogP contribution in [-0.2, 0) is 25.5 Å². The SMILES string of the molecule is OCc1cccc(NCc2cc(C(F)(F)F)cc(C(F)(F)F)c2)c1. The van der Waals surface area contributed by atoms with E-state index in [0.717, 1.165) is 0 Å². The first-order chi connectivity index (χ1) is 11.1. The normalized spacial score (nSPS) is 12.3. The van der Waals surface area contributed by atoms with Gasteiger partial charge in [0.05, 0.1) is 17.7 Å². The number of aliphatic hydroxyl groups excluding tert-OH is 1. The fourth-order valence-electron chi connectivity index (χ4n) is 2.11. The molecule has 0 unspecified atom stereocenters. The number of nitrogens with one attached hydrogen (secondary N) is 1. The van der Waals surface area contributed by atoms with Crippen molar-refractivity contribution >= 4 is 5.69 Å². The Bertz CT molecular complexity index is 676. The van der Waals surface area contributed by atoms with Crippen LogP contribution in [0.2, 0.25) is 0 Å². The first kappa shape index (κ1) is 18.1. The van der Waals surface area contributed by atoms with Gasteiger partial charge in [0.2, 0.25) is 0 Å². The summed E-state index contributed by atoms with van der Waals surface area (Å²) in [6.45, 7) is -0.445. The highest BCUT2D eigenvalue weighted by molar-refractivity contribution is 5.46. The fourth-order valence-corrected chi connectivity index (χ4v) is 2.11. The van der Waals surface area contributed by atoms with Crippen molar-refractivity contribution < 1.29 is 31.4 Å². The second kappa shape index (κ2) is 6.72. The van der Waals surface area contributed by atoms with Gasteiger partial charge in [-0.2, -0.15) is 26.3 Å². The molecule has 0 spiro atoms. The highest BCUT2D eigenvalue weighted by atomic mass is 19.4. The van der Waals surface area contributed by atoms with Crippen LogP contribution in [0.15, 0.2) is 42.5 Å². The van der Waals surface area contributed by atoms with Gasteiger partial charge in [-0.15, -0.1) is 0 Å². The van der Waals surface area contributed by atoms with E-state index >= 15 is 0 Å². The predicted molar refractivity (Wildman–Crippen MR) is 76.1 cm³/mol. The minimum absolute atomic E-state index is 0.0931. The zero-order valence-corrected chi connectivity index (χ0v) is 12.2. The molecule has 0 saturated heterocycles. The molecule has 0 atom stereocenters. The number of alkyl halides is 6. The molecule has 0 heterocycles. The molecule has 0 saturated carbocycles. The van der Waals surface area contributed by atoms with Crippen LogP contribution in [0.5, 0.6) is 0 Å². The number of aliphatic hydroxyl groups is 1. The number of rotatable bonds is 4. The molecule has 0 aliphatic carbocycles. The van der Waals surface area contributed by atoms with Crippen LogP contribution in [0.3, 0.4) is 0 Å². The topological polar surface area (TPSA) is 32.3 Å². The Kier molecular flexibility index (Phi) is 5.08. The Morgan fingerprint density at radius 1 is 0.792 bits per heavy atom. The average Bonchev–Trinajstić information content (AvgIpc) is 2.51. The summed E-state index contributed by atoms with van der Waals surface area (Å²) in [4.78, 5) is 0. The minimum atomic E-state index is -4.87. The zero-order chi connectivity index (χ0) is 18.0. The predicted octanol–water partition coefficient (Wildman–Crippen LogP) is 4.83. The van der Waals surface area contributed by atoms with Gasteiger partial charge in [-0.1, -0.05) is 12.1 Å². The van der Waals surface area contributed by atoms with E-state index in [1.165, 1.54) is 0 Å². The Hall–Kier alpha value is -2.22. The molecule has 130 valence electrons. The van der Waals surface area contributed by atoms with Crippen LogP contribution < -0.4 is 5.32 Å². The van der Waals surface area contributed by atoms with Crippen molar-refractivity contribution in [3.05, 3.63) is 64.7 Å². The van der Waals surface area contributed by atoms with Gasteiger partial charge in [-0.05, 0) is 41.5 Å². The van der Waals surface area contributed by atoms with Crippen LogP contribution in [-0.4, -0.2) is 5.11 Å². The first-order valence-corrected chi connectivity index (χ1v) is 6.81. The van der Waals surface area contributed by atoms with Crippen LogP contribution >= 0.6 is 0 Å². The van der Waals surface area contributed by atoms with Crippen molar-refractivity contribution in [2.75, 3.05) is 5.32 Å². The number of hydrogen-bond acceptors (Lipinski definition) is 2. The van der Waals surface area contributed by atoms with Gasteiger partial charge in [-0.25, -0.2) is 0 Å². The molecule has 0 aromatic heterocycles. The van der Waals surface area contributed by atoms with E-state index in [-0.39, 0.29) is 24.8 Å². The number of benzene rings is 2.